The minimum atomic E-state index is -0.504. The van der Waals surface area contributed by atoms with E-state index in [1.807, 2.05) is 86.8 Å². The molecule has 7 aromatic rings. The Morgan fingerprint density at radius 2 is 1.78 bits per heavy atom. The number of hydrogen-bond acceptors (Lipinski definition) is 11. The summed E-state index contributed by atoms with van der Waals surface area (Å²) in [5.41, 5.74) is 7.36. The van der Waals surface area contributed by atoms with E-state index in [9.17, 15) is 19.6 Å². The zero-order valence-electron chi connectivity index (χ0n) is 30.2. The molecule has 12 heteroatoms. The Bertz CT molecular complexity index is 2720. The second kappa shape index (κ2) is 14.8. The molecule has 0 radical (unpaired) electrons. The maximum Gasteiger partial charge on any atom is 0.338 e. The van der Waals surface area contributed by atoms with E-state index in [1.165, 1.54) is 6.20 Å². The molecular weight excluding hydrogens is 695 g/mol. The topological polar surface area (TPSA) is 156 Å². The Morgan fingerprint density at radius 3 is 2.58 bits per heavy atom. The van der Waals surface area contributed by atoms with Crippen molar-refractivity contribution < 1.29 is 18.7 Å². The number of fused-ring (bicyclic) bond motifs is 2. The second-order valence-electron chi connectivity index (χ2n) is 13.5. The molecule has 0 saturated carbocycles. The number of nitrogens with zero attached hydrogens (tertiary/aromatic N) is 6. The minimum absolute atomic E-state index is 0.00194. The summed E-state index contributed by atoms with van der Waals surface area (Å²) in [4.78, 5) is 53.0. The zero-order valence-corrected chi connectivity index (χ0v) is 30.2. The van der Waals surface area contributed by atoms with Crippen LogP contribution >= 0.6 is 0 Å². The molecule has 1 atom stereocenters. The number of oxazole rings is 1. The van der Waals surface area contributed by atoms with Gasteiger partial charge in [-0.05, 0) is 84.5 Å². The second-order valence-corrected chi connectivity index (χ2v) is 13.5. The lowest BCUT2D eigenvalue weighted by atomic mass is 9.93. The Hall–Kier alpha value is -6.97. The van der Waals surface area contributed by atoms with Crippen LogP contribution in [0.3, 0.4) is 0 Å². The highest BCUT2D eigenvalue weighted by Crippen LogP contribution is 2.37. The summed E-state index contributed by atoms with van der Waals surface area (Å²) in [6.07, 6.45) is 6.19. The summed E-state index contributed by atoms with van der Waals surface area (Å²) in [6, 6.07) is 27.0. The van der Waals surface area contributed by atoms with Crippen LogP contribution in [0.25, 0.3) is 44.6 Å². The molecule has 1 N–H and O–H groups in total. The van der Waals surface area contributed by atoms with Gasteiger partial charge in [0, 0.05) is 54.9 Å². The summed E-state index contributed by atoms with van der Waals surface area (Å²) in [6.45, 7) is 5.99. The lowest BCUT2D eigenvalue weighted by Gasteiger charge is -2.17. The lowest BCUT2D eigenvalue weighted by Crippen LogP contribution is -2.24. The van der Waals surface area contributed by atoms with E-state index in [0.717, 1.165) is 61.9 Å². The largest absolute Gasteiger partial charge is 0.457 e. The average molecular weight is 730 g/mol. The van der Waals surface area contributed by atoms with Gasteiger partial charge >= 0.3 is 5.97 Å². The highest BCUT2D eigenvalue weighted by atomic mass is 16.5. The summed E-state index contributed by atoms with van der Waals surface area (Å²) >= 11 is 0. The SMILES string of the molecule is Cc1c(Nc2nccc3cc(CN4CC[C@@H](OC(=O)c5ccccc5)C4)cnc23)cccc1-c1cccc(-c2nc3c(=O)n(CC=O)cc(C#N)c3o2)c1C. The highest BCUT2D eigenvalue weighted by molar-refractivity contribution is 5.92. The van der Waals surface area contributed by atoms with Gasteiger partial charge in [-0.2, -0.15) is 5.26 Å². The number of pyridine rings is 3. The molecule has 1 fully saturated rings. The number of rotatable bonds is 10. The molecule has 1 saturated heterocycles. The van der Waals surface area contributed by atoms with E-state index in [1.54, 1.807) is 18.3 Å². The molecule has 0 amide bonds. The van der Waals surface area contributed by atoms with Gasteiger partial charge in [-0.15, -0.1) is 0 Å². The number of carbonyl (C=O) groups is 2. The predicted molar refractivity (Wildman–Crippen MR) is 208 cm³/mol. The maximum atomic E-state index is 13.0. The normalized spacial score (nSPS) is 14.2. The van der Waals surface area contributed by atoms with Crippen molar-refractivity contribution in [2.24, 2.45) is 0 Å². The lowest BCUT2D eigenvalue weighted by molar-refractivity contribution is -0.108. The molecule has 4 aromatic heterocycles. The number of benzene rings is 3. The van der Waals surface area contributed by atoms with E-state index >= 15 is 0 Å². The van der Waals surface area contributed by atoms with Crippen LogP contribution in [0.2, 0.25) is 0 Å². The van der Waals surface area contributed by atoms with E-state index in [4.69, 9.17) is 14.1 Å². The van der Waals surface area contributed by atoms with E-state index in [-0.39, 0.29) is 41.2 Å². The van der Waals surface area contributed by atoms with Crippen molar-refractivity contribution in [3.63, 3.8) is 0 Å². The number of anilines is 2. The summed E-state index contributed by atoms with van der Waals surface area (Å²) in [7, 11) is 0. The molecule has 5 heterocycles. The third kappa shape index (κ3) is 6.85. The van der Waals surface area contributed by atoms with Crippen molar-refractivity contribution in [3.8, 4) is 28.7 Å². The fourth-order valence-corrected chi connectivity index (χ4v) is 7.19. The van der Waals surface area contributed by atoms with Crippen LogP contribution in [-0.4, -0.2) is 55.9 Å². The summed E-state index contributed by atoms with van der Waals surface area (Å²) in [5, 5.41) is 14.2. The molecule has 1 aliphatic rings. The Morgan fingerprint density at radius 1 is 1.00 bits per heavy atom. The molecule has 3 aromatic carbocycles. The third-order valence-corrected chi connectivity index (χ3v) is 10.0. The van der Waals surface area contributed by atoms with Gasteiger partial charge in [-0.3, -0.25) is 14.7 Å². The Kier molecular flexibility index (Phi) is 9.45. The first-order chi connectivity index (χ1) is 26.8. The van der Waals surface area contributed by atoms with Crippen molar-refractivity contribution in [1.29, 1.82) is 5.26 Å². The fourth-order valence-electron chi connectivity index (χ4n) is 7.19. The Labute approximate surface area is 315 Å². The molecule has 272 valence electrons. The van der Waals surface area contributed by atoms with Gasteiger partial charge in [0.1, 0.15) is 29.5 Å². The van der Waals surface area contributed by atoms with Crippen LogP contribution in [0, 0.1) is 25.2 Å². The molecule has 12 nitrogen and oxygen atoms in total. The molecule has 55 heavy (non-hydrogen) atoms. The zero-order chi connectivity index (χ0) is 38.1. The van der Waals surface area contributed by atoms with Crippen LogP contribution in [0.15, 0.2) is 107 Å². The first kappa shape index (κ1) is 35.1. The number of ether oxygens (including phenoxy) is 1. The standard InChI is InChI=1S/C43H35N7O5/c1-26-33(10-6-12-35(26)41-48-38-39(55-41)31(21-44)24-50(18-19-51)42(38)52)34-11-7-13-36(27(34)2)47-40-37-30(14-16-45-40)20-28(22-46-37)23-49-17-15-32(25-49)54-43(53)29-8-4-3-5-9-29/h3-14,16,19-20,22,24,32H,15,17-18,23,25H2,1-2H3,(H,45,47)/t32-/m1/s1. The molecular formula is C43H35N7O5. The van der Waals surface area contributed by atoms with Crippen molar-refractivity contribution in [3.05, 3.63) is 136 Å². The number of esters is 1. The van der Waals surface area contributed by atoms with Crippen molar-refractivity contribution in [2.45, 2.75) is 39.5 Å². The molecule has 0 bridgehead atoms. The van der Waals surface area contributed by atoms with Gasteiger partial charge < -0.3 is 23.8 Å². The van der Waals surface area contributed by atoms with Crippen LogP contribution in [0.5, 0.6) is 0 Å². The monoisotopic (exact) mass is 729 g/mol. The summed E-state index contributed by atoms with van der Waals surface area (Å²) < 4.78 is 13.0. The number of aromatic nitrogens is 4. The molecule has 0 aliphatic carbocycles. The van der Waals surface area contributed by atoms with Crippen LogP contribution in [0.1, 0.15) is 39.0 Å². The predicted octanol–water partition coefficient (Wildman–Crippen LogP) is 7.13. The van der Waals surface area contributed by atoms with Gasteiger partial charge in [-0.1, -0.05) is 42.5 Å². The number of likely N-dealkylation sites (tertiary alicyclic amines) is 1. The number of aldehydes is 1. The van der Waals surface area contributed by atoms with Gasteiger partial charge in [0.25, 0.3) is 5.56 Å². The van der Waals surface area contributed by atoms with Crippen molar-refractivity contribution in [2.75, 3.05) is 18.4 Å². The first-order valence-electron chi connectivity index (χ1n) is 17.9. The quantitative estimate of drug-likeness (QED) is 0.113. The van der Waals surface area contributed by atoms with Gasteiger partial charge in [0.15, 0.2) is 16.9 Å². The minimum Gasteiger partial charge on any atom is -0.457 e. The highest BCUT2D eigenvalue weighted by Gasteiger charge is 2.26. The van der Waals surface area contributed by atoms with Gasteiger partial charge in [-0.25, -0.2) is 14.8 Å². The smallest absolute Gasteiger partial charge is 0.338 e. The van der Waals surface area contributed by atoms with Gasteiger partial charge in [0.2, 0.25) is 5.89 Å². The first-order valence-corrected chi connectivity index (χ1v) is 17.9. The molecule has 1 aliphatic heterocycles. The van der Waals surface area contributed by atoms with Crippen molar-refractivity contribution >= 4 is 45.8 Å². The van der Waals surface area contributed by atoms with Crippen molar-refractivity contribution in [1.82, 2.24) is 24.4 Å². The number of hydrogen-bond donors (Lipinski definition) is 1. The average Bonchev–Trinajstić information content (AvgIpc) is 3.85. The number of nitrogens with one attached hydrogen (secondary N) is 1. The summed E-state index contributed by atoms with van der Waals surface area (Å²) in [5.74, 6) is 0.544. The fraction of sp³-hybridized carbons (Fsp3) is 0.186. The van der Waals surface area contributed by atoms with Crippen LogP contribution < -0.4 is 10.9 Å². The molecule has 0 unspecified atom stereocenters. The number of carbonyl (C=O) groups excluding carboxylic acids is 2. The van der Waals surface area contributed by atoms with Gasteiger partial charge in [0.05, 0.1) is 12.1 Å². The molecule has 0 spiro atoms. The maximum absolute atomic E-state index is 13.0. The van der Waals surface area contributed by atoms with E-state index < -0.39 is 5.56 Å². The molecule has 8 rings (SSSR count). The van der Waals surface area contributed by atoms with E-state index in [2.05, 4.69) is 26.3 Å². The number of nitriles is 1. The van der Waals surface area contributed by atoms with Crippen LogP contribution in [0.4, 0.5) is 11.5 Å². The Balaban J connectivity index is 1.02. The van der Waals surface area contributed by atoms with Crippen LogP contribution in [-0.2, 0) is 22.6 Å². The third-order valence-electron chi connectivity index (χ3n) is 10.0. The van der Waals surface area contributed by atoms with E-state index in [0.29, 0.717) is 36.3 Å².